The van der Waals surface area contributed by atoms with Gasteiger partial charge in [-0.2, -0.15) is 0 Å². The number of anilines is 1. The maximum Gasteiger partial charge on any atom is 0.250 e. The lowest BCUT2D eigenvalue weighted by Crippen LogP contribution is -2.19. The number of pyridine rings is 2. The standard InChI is InChI=1S/C11H11N3O/c12-10-1-2-11(15)14(8-10)7-9-3-5-13-6-4-9/h1-6,8H,7,12H2. The molecule has 76 valence electrons. The van der Waals surface area contributed by atoms with E-state index >= 15 is 0 Å². The summed E-state index contributed by atoms with van der Waals surface area (Å²) in [5.74, 6) is 0. The van der Waals surface area contributed by atoms with Crippen molar-refractivity contribution in [1.29, 1.82) is 0 Å². The summed E-state index contributed by atoms with van der Waals surface area (Å²) in [7, 11) is 0. The van der Waals surface area contributed by atoms with Gasteiger partial charge in [0.1, 0.15) is 0 Å². The second kappa shape index (κ2) is 3.96. The van der Waals surface area contributed by atoms with E-state index in [2.05, 4.69) is 4.98 Å². The molecule has 0 unspecified atom stereocenters. The number of hydrogen-bond donors (Lipinski definition) is 1. The molecular weight excluding hydrogens is 190 g/mol. The summed E-state index contributed by atoms with van der Waals surface area (Å²) < 4.78 is 1.57. The van der Waals surface area contributed by atoms with Gasteiger partial charge in [0, 0.05) is 30.3 Å². The Labute approximate surface area is 87.0 Å². The zero-order chi connectivity index (χ0) is 10.7. The van der Waals surface area contributed by atoms with E-state index < -0.39 is 0 Å². The lowest BCUT2D eigenvalue weighted by atomic mass is 10.2. The van der Waals surface area contributed by atoms with Crippen molar-refractivity contribution in [2.45, 2.75) is 6.54 Å². The van der Waals surface area contributed by atoms with E-state index in [1.807, 2.05) is 12.1 Å². The fraction of sp³-hybridized carbons (Fsp3) is 0.0909. The Kier molecular flexibility index (Phi) is 2.49. The Bertz CT molecular complexity index is 505. The molecule has 2 aromatic heterocycles. The summed E-state index contributed by atoms with van der Waals surface area (Å²) in [5, 5.41) is 0. The third-order valence-electron chi connectivity index (χ3n) is 2.11. The molecule has 2 N–H and O–H groups in total. The van der Waals surface area contributed by atoms with Crippen molar-refractivity contribution in [3.05, 3.63) is 58.8 Å². The molecule has 0 aromatic carbocycles. The third-order valence-corrected chi connectivity index (χ3v) is 2.11. The third kappa shape index (κ3) is 2.22. The molecule has 0 amide bonds. The van der Waals surface area contributed by atoms with E-state index in [1.165, 1.54) is 6.07 Å². The molecule has 0 aliphatic rings. The largest absolute Gasteiger partial charge is 0.398 e. The Balaban J connectivity index is 2.32. The van der Waals surface area contributed by atoms with Crippen LogP contribution in [-0.4, -0.2) is 9.55 Å². The predicted octanol–water partition coefficient (Wildman–Crippen LogP) is 0.874. The van der Waals surface area contributed by atoms with Crippen LogP contribution < -0.4 is 11.3 Å². The van der Waals surface area contributed by atoms with Gasteiger partial charge in [-0.1, -0.05) is 0 Å². The lowest BCUT2D eigenvalue weighted by molar-refractivity contribution is 0.760. The average molecular weight is 201 g/mol. The number of hydrogen-bond acceptors (Lipinski definition) is 3. The zero-order valence-corrected chi connectivity index (χ0v) is 8.13. The molecule has 4 heteroatoms. The molecule has 2 heterocycles. The first-order valence-corrected chi connectivity index (χ1v) is 4.60. The van der Waals surface area contributed by atoms with E-state index in [4.69, 9.17) is 5.73 Å². The average Bonchev–Trinajstić information content (AvgIpc) is 2.25. The van der Waals surface area contributed by atoms with Gasteiger partial charge in [-0.05, 0) is 23.8 Å². The minimum atomic E-state index is -0.0546. The van der Waals surface area contributed by atoms with Crippen LogP contribution in [0.2, 0.25) is 0 Å². The molecule has 0 aliphatic heterocycles. The number of nitrogen functional groups attached to an aromatic ring is 1. The van der Waals surface area contributed by atoms with Gasteiger partial charge in [-0.25, -0.2) is 0 Å². The van der Waals surface area contributed by atoms with E-state index in [1.54, 1.807) is 29.2 Å². The Morgan fingerprint density at radius 2 is 1.93 bits per heavy atom. The highest BCUT2D eigenvalue weighted by Crippen LogP contribution is 2.01. The van der Waals surface area contributed by atoms with Crippen molar-refractivity contribution < 1.29 is 0 Å². The number of nitrogens with zero attached hydrogens (tertiary/aromatic N) is 2. The van der Waals surface area contributed by atoms with Gasteiger partial charge in [0.15, 0.2) is 0 Å². The van der Waals surface area contributed by atoms with Gasteiger partial charge in [0.25, 0.3) is 5.56 Å². The first kappa shape index (κ1) is 9.45. The first-order valence-electron chi connectivity index (χ1n) is 4.60. The highest BCUT2D eigenvalue weighted by Gasteiger charge is 1.97. The van der Waals surface area contributed by atoms with Crippen LogP contribution in [0.15, 0.2) is 47.7 Å². The molecule has 0 bridgehead atoms. The molecule has 15 heavy (non-hydrogen) atoms. The first-order chi connectivity index (χ1) is 7.25. The molecule has 0 saturated carbocycles. The van der Waals surface area contributed by atoms with Crippen LogP contribution in [0.5, 0.6) is 0 Å². The molecule has 0 spiro atoms. The Morgan fingerprint density at radius 3 is 2.67 bits per heavy atom. The number of rotatable bonds is 2. The summed E-state index contributed by atoms with van der Waals surface area (Å²) in [4.78, 5) is 15.4. The molecule has 4 nitrogen and oxygen atoms in total. The number of nitrogens with two attached hydrogens (primary N) is 1. The summed E-state index contributed by atoms with van der Waals surface area (Å²) in [6.07, 6.45) is 5.04. The molecule has 0 saturated heterocycles. The monoisotopic (exact) mass is 201 g/mol. The van der Waals surface area contributed by atoms with Crippen molar-refractivity contribution >= 4 is 5.69 Å². The molecule has 0 fully saturated rings. The van der Waals surface area contributed by atoms with Gasteiger partial charge in [-0.3, -0.25) is 9.78 Å². The maximum atomic E-state index is 11.5. The van der Waals surface area contributed by atoms with Crippen LogP contribution in [0.3, 0.4) is 0 Å². The van der Waals surface area contributed by atoms with Crippen LogP contribution in [0, 0.1) is 0 Å². The van der Waals surface area contributed by atoms with Crippen LogP contribution in [0.4, 0.5) is 5.69 Å². The normalized spacial score (nSPS) is 10.1. The molecule has 0 atom stereocenters. The van der Waals surface area contributed by atoms with Crippen LogP contribution in [0.1, 0.15) is 5.56 Å². The summed E-state index contributed by atoms with van der Waals surface area (Å²) in [6.45, 7) is 0.520. The number of aromatic nitrogens is 2. The lowest BCUT2D eigenvalue weighted by Gasteiger charge is -2.05. The fourth-order valence-corrected chi connectivity index (χ4v) is 1.36. The Morgan fingerprint density at radius 1 is 1.20 bits per heavy atom. The van der Waals surface area contributed by atoms with Gasteiger partial charge < -0.3 is 10.3 Å². The SMILES string of the molecule is Nc1ccc(=O)n(Cc2ccncc2)c1. The second-order valence-electron chi connectivity index (χ2n) is 3.28. The quantitative estimate of drug-likeness (QED) is 0.784. The fourth-order valence-electron chi connectivity index (χ4n) is 1.36. The zero-order valence-electron chi connectivity index (χ0n) is 8.13. The van der Waals surface area contributed by atoms with E-state index in [9.17, 15) is 4.79 Å². The second-order valence-corrected chi connectivity index (χ2v) is 3.28. The summed E-state index contributed by atoms with van der Waals surface area (Å²) in [6, 6.07) is 6.81. The topological polar surface area (TPSA) is 60.9 Å². The van der Waals surface area contributed by atoms with Crippen molar-refractivity contribution in [2.75, 3.05) is 5.73 Å². The van der Waals surface area contributed by atoms with Gasteiger partial charge >= 0.3 is 0 Å². The smallest absolute Gasteiger partial charge is 0.250 e. The summed E-state index contributed by atoms with van der Waals surface area (Å²) in [5.41, 5.74) is 7.17. The van der Waals surface area contributed by atoms with Crippen LogP contribution >= 0.6 is 0 Å². The predicted molar refractivity (Wildman–Crippen MR) is 58.5 cm³/mol. The van der Waals surface area contributed by atoms with Crippen LogP contribution in [0.25, 0.3) is 0 Å². The van der Waals surface area contributed by atoms with Gasteiger partial charge in [0.05, 0.1) is 6.54 Å². The maximum absolute atomic E-state index is 11.5. The van der Waals surface area contributed by atoms with Crippen LogP contribution in [-0.2, 0) is 6.54 Å². The highest BCUT2D eigenvalue weighted by atomic mass is 16.1. The van der Waals surface area contributed by atoms with Gasteiger partial charge in [-0.15, -0.1) is 0 Å². The van der Waals surface area contributed by atoms with Crippen molar-refractivity contribution in [1.82, 2.24) is 9.55 Å². The van der Waals surface area contributed by atoms with E-state index in [-0.39, 0.29) is 5.56 Å². The van der Waals surface area contributed by atoms with E-state index in [0.29, 0.717) is 12.2 Å². The molecule has 0 aliphatic carbocycles. The molecule has 2 rings (SSSR count). The van der Waals surface area contributed by atoms with Gasteiger partial charge in [0.2, 0.25) is 0 Å². The minimum Gasteiger partial charge on any atom is -0.398 e. The molecule has 2 aromatic rings. The molecule has 0 radical (unpaired) electrons. The van der Waals surface area contributed by atoms with Crippen molar-refractivity contribution in [2.24, 2.45) is 0 Å². The molecular formula is C11H11N3O. The van der Waals surface area contributed by atoms with Crippen molar-refractivity contribution in [3.63, 3.8) is 0 Å². The minimum absolute atomic E-state index is 0.0546. The summed E-state index contributed by atoms with van der Waals surface area (Å²) >= 11 is 0. The Hall–Kier alpha value is -2.10. The van der Waals surface area contributed by atoms with Crippen molar-refractivity contribution in [3.8, 4) is 0 Å². The highest BCUT2D eigenvalue weighted by molar-refractivity contribution is 5.33. The van der Waals surface area contributed by atoms with E-state index in [0.717, 1.165) is 5.56 Å².